The highest BCUT2D eigenvalue weighted by molar-refractivity contribution is 5.78. The highest BCUT2D eigenvalue weighted by Gasteiger charge is 2.42. The van der Waals surface area contributed by atoms with Gasteiger partial charge >= 0.3 is 0 Å². The van der Waals surface area contributed by atoms with E-state index in [4.69, 9.17) is 9.47 Å². The zero-order chi connectivity index (χ0) is 20.4. The number of amides is 1. The molecule has 1 saturated carbocycles. The fourth-order valence-electron chi connectivity index (χ4n) is 4.04. The fraction of sp³-hybridized carbons (Fsp3) is 0.708. The van der Waals surface area contributed by atoms with Crippen molar-refractivity contribution in [1.29, 1.82) is 0 Å². The van der Waals surface area contributed by atoms with Crippen LogP contribution in [0, 0.1) is 5.41 Å². The highest BCUT2D eigenvalue weighted by Crippen LogP contribution is 2.37. The van der Waals surface area contributed by atoms with E-state index in [1.165, 1.54) is 37.7 Å². The molecule has 158 valence electrons. The van der Waals surface area contributed by atoms with E-state index in [0.29, 0.717) is 18.1 Å². The standard InChI is InChI=1S/C15H27NO2.C9H12O/c1-3-15(4-2)11-16(12-15)14(17)10-18-13-8-6-5-7-9-13;1-3-8-5-4-6-9(7-8)10-2/h13H,3-12H2,1-2H3;4-7H,3H2,1-2H3. The summed E-state index contributed by atoms with van der Waals surface area (Å²) in [6.45, 7) is 8.76. The zero-order valence-corrected chi connectivity index (χ0v) is 18.3. The molecule has 0 atom stereocenters. The van der Waals surface area contributed by atoms with Crippen LogP contribution in [0.15, 0.2) is 24.3 Å². The third-order valence-electron chi connectivity index (χ3n) is 6.44. The van der Waals surface area contributed by atoms with Crippen LogP contribution in [0.5, 0.6) is 5.75 Å². The monoisotopic (exact) mass is 389 g/mol. The lowest BCUT2D eigenvalue weighted by molar-refractivity contribution is -0.151. The van der Waals surface area contributed by atoms with E-state index in [-0.39, 0.29) is 5.91 Å². The Kier molecular flexibility index (Phi) is 9.30. The van der Waals surface area contributed by atoms with E-state index in [0.717, 1.165) is 38.1 Å². The summed E-state index contributed by atoms with van der Waals surface area (Å²) >= 11 is 0. The van der Waals surface area contributed by atoms with Gasteiger partial charge in [0.2, 0.25) is 5.91 Å². The maximum Gasteiger partial charge on any atom is 0.248 e. The van der Waals surface area contributed by atoms with Gasteiger partial charge in [0.25, 0.3) is 0 Å². The first-order valence-corrected chi connectivity index (χ1v) is 11.1. The van der Waals surface area contributed by atoms with E-state index >= 15 is 0 Å². The van der Waals surface area contributed by atoms with Crippen LogP contribution in [-0.2, 0) is 16.0 Å². The summed E-state index contributed by atoms with van der Waals surface area (Å²) < 4.78 is 10.8. The molecule has 4 heteroatoms. The molecule has 1 amide bonds. The van der Waals surface area contributed by atoms with E-state index in [2.05, 4.69) is 32.9 Å². The number of hydrogen-bond donors (Lipinski definition) is 0. The SMILES string of the molecule is CCC1(CC)CN(C(=O)COC2CCCCC2)C1.CCc1cccc(OC)c1. The summed E-state index contributed by atoms with van der Waals surface area (Å²) in [4.78, 5) is 14.0. The molecule has 0 aromatic heterocycles. The van der Waals surface area contributed by atoms with E-state index < -0.39 is 0 Å². The Morgan fingerprint density at radius 1 is 1.11 bits per heavy atom. The number of ether oxygens (including phenoxy) is 2. The molecule has 0 unspecified atom stereocenters. The molecule has 1 saturated heterocycles. The van der Waals surface area contributed by atoms with Crippen LogP contribution in [0.4, 0.5) is 0 Å². The molecular weight excluding hydrogens is 350 g/mol. The van der Waals surface area contributed by atoms with Crippen LogP contribution in [0.2, 0.25) is 0 Å². The van der Waals surface area contributed by atoms with Gasteiger partial charge in [-0.25, -0.2) is 0 Å². The van der Waals surface area contributed by atoms with Crippen molar-refractivity contribution in [1.82, 2.24) is 4.90 Å². The highest BCUT2D eigenvalue weighted by atomic mass is 16.5. The van der Waals surface area contributed by atoms with Crippen molar-refractivity contribution in [2.75, 3.05) is 26.8 Å². The number of methoxy groups -OCH3 is 1. The van der Waals surface area contributed by atoms with Crippen LogP contribution in [0.1, 0.15) is 71.3 Å². The summed E-state index contributed by atoms with van der Waals surface area (Å²) in [6.07, 6.45) is 9.89. The summed E-state index contributed by atoms with van der Waals surface area (Å²) in [5.74, 6) is 1.14. The van der Waals surface area contributed by atoms with E-state index in [1.54, 1.807) is 7.11 Å². The Bertz CT molecular complexity index is 564. The van der Waals surface area contributed by atoms with Crippen molar-refractivity contribution < 1.29 is 14.3 Å². The molecule has 1 aromatic carbocycles. The average molecular weight is 390 g/mol. The molecule has 28 heavy (non-hydrogen) atoms. The maximum atomic E-state index is 12.0. The van der Waals surface area contributed by atoms with Crippen LogP contribution in [-0.4, -0.2) is 43.7 Å². The normalized spacial score (nSPS) is 18.6. The molecule has 2 aliphatic rings. The van der Waals surface area contributed by atoms with Crippen molar-refractivity contribution in [2.45, 2.75) is 78.2 Å². The number of benzene rings is 1. The lowest BCUT2D eigenvalue weighted by atomic mass is 9.75. The molecule has 1 aliphatic heterocycles. The Hall–Kier alpha value is -1.55. The second-order valence-corrected chi connectivity index (χ2v) is 8.23. The smallest absolute Gasteiger partial charge is 0.248 e. The van der Waals surface area contributed by atoms with Crippen molar-refractivity contribution in [2.24, 2.45) is 5.41 Å². The van der Waals surface area contributed by atoms with E-state index in [9.17, 15) is 4.79 Å². The van der Waals surface area contributed by atoms with Gasteiger partial charge in [0.1, 0.15) is 12.4 Å². The molecule has 0 bridgehead atoms. The van der Waals surface area contributed by atoms with Gasteiger partial charge in [-0.2, -0.15) is 0 Å². The number of carbonyl (C=O) groups is 1. The minimum Gasteiger partial charge on any atom is -0.497 e. The molecule has 1 aliphatic carbocycles. The Labute approximate surface area is 171 Å². The predicted molar refractivity (Wildman–Crippen MR) is 115 cm³/mol. The average Bonchev–Trinajstić information content (AvgIpc) is 2.73. The van der Waals surface area contributed by atoms with Crippen LogP contribution >= 0.6 is 0 Å². The minimum atomic E-state index is 0.193. The Morgan fingerprint density at radius 2 is 1.79 bits per heavy atom. The molecule has 0 radical (unpaired) electrons. The molecular formula is C24H39NO3. The van der Waals surface area contributed by atoms with Gasteiger partial charge in [-0.15, -0.1) is 0 Å². The van der Waals surface area contributed by atoms with Gasteiger partial charge in [-0.3, -0.25) is 4.79 Å². The van der Waals surface area contributed by atoms with Gasteiger partial charge < -0.3 is 14.4 Å². The molecule has 0 spiro atoms. The molecule has 0 N–H and O–H groups in total. The van der Waals surface area contributed by atoms with E-state index in [1.807, 2.05) is 17.0 Å². The van der Waals surface area contributed by atoms with Gasteiger partial charge in [0, 0.05) is 18.5 Å². The zero-order valence-electron chi connectivity index (χ0n) is 18.3. The van der Waals surface area contributed by atoms with Gasteiger partial charge in [0.05, 0.1) is 13.2 Å². The number of aryl methyl sites for hydroxylation is 1. The Balaban J connectivity index is 0.000000237. The first-order valence-electron chi connectivity index (χ1n) is 11.1. The van der Waals surface area contributed by atoms with Crippen LogP contribution in [0.3, 0.4) is 0 Å². The molecule has 1 aromatic rings. The number of carbonyl (C=O) groups excluding carboxylic acids is 1. The second kappa shape index (κ2) is 11.5. The van der Waals surface area contributed by atoms with Gasteiger partial charge in [-0.05, 0) is 49.8 Å². The molecule has 4 nitrogen and oxygen atoms in total. The minimum absolute atomic E-state index is 0.193. The molecule has 2 fully saturated rings. The first kappa shape index (κ1) is 22.7. The topological polar surface area (TPSA) is 38.8 Å². The summed E-state index contributed by atoms with van der Waals surface area (Å²) in [7, 11) is 1.69. The quantitative estimate of drug-likeness (QED) is 0.640. The third kappa shape index (κ3) is 6.51. The van der Waals surface area contributed by atoms with Crippen molar-refractivity contribution in [3.05, 3.63) is 29.8 Å². The van der Waals surface area contributed by atoms with Crippen LogP contribution in [0.25, 0.3) is 0 Å². The van der Waals surface area contributed by atoms with Gasteiger partial charge in [-0.1, -0.05) is 52.2 Å². The van der Waals surface area contributed by atoms with Crippen molar-refractivity contribution in [3.63, 3.8) is 0 Å². The fourth-order valence-corrected chi connectivity index (χ4v) is 4.04. The lowest BCUT2D eigenvalue weighted by Gasteiger charge is -2.49. The lowest BCUT2D eigenvalue weighted by Crippen LogP contribution is -2.58. The van der Waals surface area contributed by atoms with Crippen molar-refractivity contribution in [3.8, 4) is 5.75 Å². The van der Waals surface area contributed by atoms with Crippen molar-refractivity contribution >= 4 is 5.91 Å². The number of likely N-dealkylation sites (tertiary alicyclic amines) is 1. The predicted octanol–water partition coefficient (Wildman–Crippen LogP) is 5.24. The summed E-state index contributed by atoms with van der Waals surface area (Å²) in [5.41, 5.74) is 1.72. The third-order valence-corrected chi connectivity index (χ3v) is 6.44. The molecule has 1 heterocycles. The number of hydrogen-bond acceptors (Lipinski definition) is 3. The maximum absolute atomic E-state index is 12.0. The largest absolute Gasteiger partial charge is 0.497 e. The summed E-state index contributed by atoms with van der Waals surface area (Å²) in [5, 5.41) is 0. The second-order valence-electron chi connectivity index (χ2n) is 8.23. The Morgan fingerprint density at radius 3 is 2.36 bits per heavy atom. The number of rotatable bonds is 7. The van der Waals surface area contributed by atoms with Crippen LogP contribution < -0.4 is 4.74 Å². The van der Waals surface area contributed by atoms with Gasteiger partial charge in [0.15, 0.2) is 0 Å². The number of nitrogens with zero attached hydrogens (tertiary/aromatic N) is 1. The first-order chi connectivity index (χ1) is 13.6. The summed E-state index contributed by atoms with van der Waals surface area (Å²) in [6, 6.07) is 8.12. The molecule has 3 rings (SSSR count).